The fourth-order valence-corrected chi connectivity index (χ4v) is 1.63. The summed E-state index contributed by atoms with van der Waals surface area (Å²) >= 11 is 0. The van der Waals surface area contributed by atoms with Gasteiger partial charge in [-0.05, 0) is 12.5 Å². The van der Waals surface area contributed by atoms with Gasteiger partial charge < -0.3 is 9.47 Å². The molecule has 1 aromatic carbocycles. The topological polar surface area (TPSA) is 47.9 Å². The average Bonchev–Trinajstić information content (AvgIpc) is 2.79. The van der Waals surface area contributed by atoms with Crippen molar-refractivity contribution in [3.05, 3.63) is 35.9 Å². The van der Waals surface area contributed by atoms with Crippen LogP contribution in [0.3, 0.4) is 0 Å². The Kier molecular flexibility index (Phi) is 3.19. The van der Waals surface area contributed by atoms with Gasteiger partial charge in [0, 0.05) is 0 Å². The minimum Gasteiger partial charge on any atom is -0.473 e. The number of esters is 1. The Hall–Kier alpha value is -1.84. The first-order chi connectivity index (χ1) is 7.83. The number of hydrogen-bond donors (Lipinski definition) is 0. The highest BCUT2D eigenvalue weighted by molar-refractivity contribution is 5.80. The molecule has 1 aliphatic heterocycles. The molecule has 2 atom stereocenters. The van der Waals surface area contributed by atoms with Crippen LogP contribution >= 0.6 is 0 Å². The molecule has 1 aromatic rings. The lowest BCUT2D eigenvalue weighted by Gasteiger charge is -2.15. The first kappa shape index (κ1) is 10.7. The third-order valence-corrected chi connectivity index (χ3v) is 2.37. The fourth-order valence-electron chi connectivity index (χ4n) is 1.63. The second-order valence-electron chi connectivity index (χ2n) is 3.42. The van der Waals surface area contributed by atoms with Crippen molar-refractivity contribution in [2.24, 2.45) is 4.99 Å². The molecule has 0 aromatic heterocycles. The molecule has 4 heteroatoms. The van der Waals surface area contributed by atoms with Crippen molar-refractivity contribution in [3.8, 4) is 0 Å². The van der Waals surface area contributed by atoms with E-state index in [1.54, 1.807) is 6.92 Å². The highest BCUT2D eigenvalue weighted by Gasteiger charge is 2.34. The number of carbonyl (C=O) groups excluding carboxylic acids is 1. The molecule has 2 rings (SSSR count). The van der Waals surface area contributed by atoms with Gasteiger partial charge in [0.05, 0.1) is 6.61 Å². The van der Waals surface area contributed by atoms with Gasteiger partial charge in [-0.2, -0.15) is 0 Å². The Morgan fingerprint density at radius 2 is 2.19 bits per heavy atom. The van der Waals surface area contributed by atoms with Crippen LogP contribution in [0.5, 0.6) is 0 Å². The molecule has 4 nitrogen and oxygen atoms in total. The predicted molar refractivity (Wildman–Crippen MR) is 59.2 cm³/mol. The van der Waals surface area contributed by atoms with Crippen molar-refractivity contribution >= 4 is 12.4 Å². The Balaban J connectivity index is 2.14. The maximum absolute atomic E-state index is 11.6. The zero-order valence-corrected chi connectivity index (χ0v) is 9.00. The number of benzene rings is 1. The molecule has 0 radical (unpaired) electrons. The molecular formula is C12H13NO3. The molecule has 0 saturated heterocycles. The Labute approximate surface area is 93.9 Å². The summed E-state index contributed by atoms with van der Waals surface area (Å²) in [5.41, 5.74) is 0.929. The van der Waals surface area contributed by atoms with Gasteiger partial charge in [0.1, 0.15) is 0 Å². The Morgan fingerprint density at radius 3 is 2.88 bits per heavy atom. The molecule has 0 spiro atoms. The van der Waals surface area contributed by atoms with Crippen LogP contribution in [-0.4, -0.2) is 25.0 Å². The molecule has 1 aliphatic rings. The van der Waals surface area contributed by atoms with Crippen LogP contribution in [-0.2, 0) is 14.3 Å². The van der Waals surface area contributed by atoms with Crippen LogP contribution in [0.4, 0.5) is 0 Å². The Morgan fingerprint density at radius 1 is 1.44 bits per heavy atom. The highest BCUT2D eigenvalue weighted by Crippen LogP contribution is 2.27. The van der Waals surface area contributed by atoms with Gasteiger partial charge in [0.15, 0.2) is 18.5 Å². The maximum atomic E-state index is 11.6. The normalized spacial score (nSPS) is 22.8. The smallest absolute Gasteiger partial charge is 0.335 e. The molecule has 1 heterocycles. The highest BCUT2D eigenvalue weighted by atomic mass is 16.5. The van der Waals surface area contributed by atoms with E-state index in [-0.39, 0.29) is 12.1 Å². The molecule has 0 fully saturated rings. The molecule has 0 saturated carbocycles. The molecule has 84 valence electrons. The molecule has 1 unspecified atom stereocenters. The van der Waals surface area contributed by atoms with Crippen LogP contribution in [0, 0.1) is 0 Å². The molecule has 0 bridgehead atoms. The third-order valence-electron chi connectivity index (χ3n) is 2.37. The predicted octanol–water partition coefficient (Wildman–Crippen LogP) is 1.72. The number of hydrogen-bond acceptors (Lipinski definition) is 4. The van der Waals surface area contributed by atoms with E-state index in [1.807, 2.05) is 30.3 Å². The number of rotatable bonds is 3. The van der Waals surface area contributed by atoms with Crippen molar-refractivity contribution in [2.75, 3.05) is 6.61 Å². The van der Waals surface area contributed by atoms with Crippen LogP contribution in [0.1, 0.15) is 18.6 Å². The van der Waals surface area contributed by atoms with E-state index in [0.29, 0.717) is 6.61 Å². The van der Waals surface area contributed by atoms with Gasteiger partial charge in [0.25, 0.3) is 0 Å². The van der Waals surface area contributed by atoms with Crippen molar-refractivity contribution in [3.63, 3.8) is 0 Å². The summed E-state index contributed by atoms with van der Waals surface area (Å²) in [6, 6.07) is 8.95. The quantitative estimate of drug-likeness (QED) is 0.727. The van der Waals surface area contributed by atoms with E-state index in [4.69, 9.17) is 9.47 Å². The van der Waals surface area contributed by atoms with E-state index in [2.05, 4.69) is 4.99 Å². The van der Waals surface area contributed by atoms with E-state index in [0.717, 1.165) is 5.56 Å². The number of nitrogens with zero attached hydrogens (tertiary/aromatic N) is 1. The van der Waals surface area contributed by atoms with Crippen molar-refractivity contribution in [1.29, 1.82) is 0 Å². The monoisotopic (exact) mass is 219 g/mol. The van der Waals surface area contributed by atoms with Crippen molar-refractivity contribution in [2.45, 2.75) is 19.1 Å². The molecule has 0 aliphatic carbocycles. The average molecular weight is 219 g/mol. The van der Waals surface area contributed by atoms with Crippen molar-refractivity contribution in [1.82, 2.24) is 0 Å². The third kappa shape index (κ3) is 2.05. The summed E-state index contributed by atoms with van der Waals surface area (Å²) in [5.74, 6) is -0.342. The zero-order valence-electron chi connectivity index (χ0n) is 9.00. The first-order valence-corrected chi connectivity index (χ1v) is 5.21. The summed E-state index contributed by atoms with van der Waals surface area (Å²) in [7, 11) is 0. The maximum Gasteiger partial charge on any atom is 0.335 e. The van der Waals surface area contributed by atoms with Gasteiger partial charge in [-0.1, -0.05) is 30.3 Å². The van der Waals surface area contributed by atoms with Crippen LogP contribution in [0.15, 0.2) is 35.3 Å². The van der Waals surface area contributed by atoms with E-state index in [1.165, 1.54) is 6.40 Å². The second kappa shape index (κ2) is 4.79. The van der Waals surface area contributed by atoms with Crippen LogP contribution < -0.4 is 0 Å². The van der Waals surface area contributed by atoms with Gasteiger partial charge >= 0.3 is 5.97 Å². The van der Waals surface area contributed by atoms with E-state index >= 15 is 0 Å². The summed E-state index contributed by atoms with van der Waals surface area (Å²) in [6.45, 7) is 2.13. The lowest BCUT2D eigenvalue weighted by atomic mass is 10.0. The SMILES string of the molecule is CCOC(=O)[C@@H]1N=COC1c1ccccc1. The van der Waals surface area contributed by atoms with Crippen LogP contribution in [0.2, 0.25) is 0 Å². The number of carbonyl (C=O) groups is 1. The van der Waals surface area contributed by atoms with Gasteiger partial charge in [-0.25, -0.2) is 9.79 Å². The lowest BCUT2D eigenvalue weighted by Crippen LogP contribution is -2.26. The fraction of sp³-hybridized carbons (Fsp3) is 0.333. The minimum absolute atomic E-state index is 0.342. The number of ether oxygens (including phenoxy) is 2. The summed E-state index contributed by atoms with van der Waals surface area (Å²) < 4.78 is 10.3. The number of aliphatic imine (C=N–C) groups is 1. The molecule has 16 heavy (non-hydrogen) atoms. The van der Waals surface area contributed by atoms with Gasteiger partial charge in [0.2, 0.25) is 0 Å². The zero-order chi connectivity index (χ0) is 11.4. The molecular weight excluding hydrogens is 206 g/mol. The minimum atomic E-state index is -0.581. The largest absolute Gasteiger partial charge is 0.473 e. The molecule has 0 amide bonds. The van der Waals surface area contributed by atoms with Gasteiger partial charge in [-0.3, -0.25) is 0 Å². The summed E-state index contributed by atoms with van der Waals surface area (Å²) in [5, 5.41) is 0. The first-order valence-electron chi connectivity index (χ1n) is 5.21. The van der Waals surface area contributed by atoms with Crippen LogP contribution in [0.25, 0.3) is 0 Å². The van der Waals surface area contributed by atoms with Crippen molar-refractivity contribution < 1.29 is 14.3 Å². The second-order valence-corrected chi connectivity index (χ2v) is 3.42. The van der Waals surface area contributed by atoms with E-state index < -0.39 is 6.04 Å². The Bertz CT molecular complexity index is 389. The summed E-state index contributed by atoms with van der Waals surface area (Å²) in [6.07, 6.45) is 0.958. The standard InChI is InChI=1S/C12H13NO3/c1-2-15-12(14)10-11(16-8-13-10)9-6-4-3-5-7-9/h3-8,10-11H,2H2,1H3/t10-,11?/m1/s1. The molecule has 0 N–H and O–H groups in total. The summed E-state index contributed by atoms with van der Waals surface area (Å²) in [4.78, 5) is 15.6. The van der Waals surface area contributed by atoms with Gasteiger partial charge in [-0.15, -0.1) is 0 Å². The van der Waals surface area contributed by atoms with E-state index in [9.17, 15) is 4.79 Å². The lowest BCUT2D eigenvalue weighted by molar-refractivity contribution is -0.146.